The highest BCUT2D eigenvalue weighted by Gasteiger charge is 2.44. The largest absolute Gasteiger partial charge is 0.496 e. The summed E-state index contributed by atoms with van der Waals surface area (Å²) in [6.07, 6.45) is 2.44. The highest BCUT2D eigenvalue weighted by molar-refractivity contribution is 9.10. The smallest absolute Gasteiger partial charge is 0.133 e. The van der Waals surface area contributed by atoms with Crippen LogP contribution in [-0.2, 0) is 10.2 Å². The van der Waals surface area contributed by atoms with Crippen molar-refractivity contribution in [2.75, 3.05) is 20.8 Å². The van der Waals surface area contributed by atoms with E-state index in [1.165, 1.54) is 18.4 Å². The molecule has 82 valence electrons. The maximum Gasteiger partial charge on any atom is 0.133 e. The first kappa shape index (κ1) is 11.0. The Balaban J connectivity index is 2.26. The van der Waals surface area contributed by atoms with E-state index in [4.69, 9.17) is 9.47 Å². The van der Waals surface area contributed by atoms with Crippen LogP contribution >= 0.6 is 15.9 Å². The first-order chi connectivity index (χ1) is 7.22. The molecule has 1 aromatic carbocycles. The van der Waals surface area contributed by atoms with E-state index in [9.17, 15) is 0 Å². The lowest BCUT2D eigenvalue weighted by Gasteiger charge is -2.15. The second-order valence-corrected chi connectivity index (χ2v) is 4.92. The van der Waals surface area contributed by atoms with E-state index in [2.05, 4.69) is 28.1 Å². The topological polar surface area (TPSA) is 18.5 Å². The fraction of sp³-hybridized carbons (Fsp3) is 0.500. The van der Waals surface area contributed by atoms with Gasteiger partial charge in [-0.25, -0.2) is 0 Å². The van der Waals surface area contributed by atoms with Gasteiger partial charge in [-0.1, -0.05) is 6.07 Å². The van der Waals surface area contributed by atoms with E-state index >= 15 is 0 Å². The lowest BCUT2D eigenvalue weighted by atomic mass is 9.97. The van der Waals surface area contributed by atoms with Crippen molar-refractivity contribution in [2.45, 2.75) is 18.3 Å². The summed E-state index contributed by atoms with van der Waals surface area (Å²) in [5.41, 5.74) is 1.61. The second kappa shape index (κ2) is 4.14. The minimum Gasteiger partial charge on any atom is -0.496 e. The third-order valence-corrected chi connectivity index (χ3v) is 3.66. The molecule has 0 atom stereocenters. The van der Waals surface area contributed by atoms with Crippen molar-refractivity contribution in [3.8, 4) is 5.75 Å². The van der Waals surface area contributed by atoms with E-state index < -0.39 is 0 Å². The molecule has 0 spiro atoms. The Bertz CT molecular complexity index is 359. The van der Waals surface area contributed by atoms with Gasteiger partial charge in [0.1, 0.15) is 5.75 Å². The quantitative estimate of drug-likeness (QED) is 0.837. The van der Waals surface area contributed by atoms with Crippen LogP contribution in [0.3, 0.4) is 0 Å². The van der Waals surface area contributed by atoms with Gasteiger partial charge in [-0.15, -0.1) is 0 Å². The summed E-state index contributed by atoms with van der Waals surface area (Å²) in [4.78, 5) is 0. The fourth-order valence-electron chi connectivity index (χ4n) is 1.94. The van der Waals surface area contributed by atoms with Crippen molar-refractivity contribution in [3.05, 3.63) is 28.2 Å². The molecule has 1 aliphatic carbocycles. The molecule has 0 radical (unpaired) electrons. The molecule has 0 heterocycles. The summed E-state index contributed by atoms with van der Waals surface area (Å²) >= 11 is 3.51. The first-order valence-corrected chi connectivity index (χ1v) is 5.84. The minimum atomic E-state index is 0.267. The second-order valence-electron chi connectivity index (χ2n) is 4.06. The molecule has 3 heteroatoms. The predicted molar refractivity (Wildman–Crippen MR) is 63.5 cm³/mol. The molecule has 0 saturated heterocycles. The van der Waals surface area contributed by atoms with E-state index in [0.717, 1.165) is 16.8 Å². The number of hydrogen-bond acceptors (Lipinski definition) is 2. The van der Waals surface area contributed by atoms with E-state index in [0.29, 0.717) is 0 Å². The summed E-state index contributed by atoms with van der Waals surface area (Å²) in [5.74, 6) is 0.881. The van der Waals surface area contributed by atoms with E-state index in [-0.39, 0.29) is 5.41 Å². The third-order valence-electron chi connectivity index (χ3n) is 3.04. The first-order valence-electron chi connectivity index (χ1n) is 5.05. The number of halogens is 1. The molecule has 1 saturated carbocycles. The molecule has 0 aliphatic heterocycles. The van der Waals surface area contributed by atoms with Gasteiger partial charge in [0.25, 0.3) is 0 Å². The third kappa shape index (κ3) is 2.04. The number of rotatable bonds is 4. The van der Waals surface area contributed by atoms with E-state index in [1.807, 2.05) is 6.07 Å². The van der Waals surface area contributed by atoms with Gasteiger partial charge in [-0.2, -0.15) is 0 Å². The number of benzene rings is 1. The highest BCUT2D eigenvalue weighted by atomic mass is 79.9. The van der Waals surface area contributed by atoms with Crippen LogP contribution in [0.4, 0.5) is 0 Å². The van der Waals surface area contributed by atoms with Crippen LogP contribution in [0.2, 0.25) is 0 Å². The molecular weight excluding hydrogens is 256 g/mol. The summed E-state index contributed by atoms with van der Waals surface area (Å²) < 4.78 is 11.5. The Hall–Kier alpha value is -0.540. The van der Waals surface area contributed by atoms with Gasteiger partial charge in [0.15, 0.2) is 0 Å². The molecule has 0 bridgehead atoms. The van der Waals surface area contributed by atoms with Gasteiger partial charge in [-0.3, -0.25) is 0 Å². The van der Waals surface area contributed by atoms with Crippen LogP contribution in [0.15, 0.2) is 22.7 Å². The number of hydrogen-bond donors (Lipinski definition) is 0. The van der Waals surface area contributed by atoms with Crippen LogP contribution in [0.25, 0.3) is 0 Å². The van der Waals surface area contributed by atoms with Crippen LogP contribution in [0.5, 0.6) is 5.75 Å². The molecule has 0 unspecified atom stereocenters. The van der Waals surface area contributed by atoms with Crippen molar-refractivity contribution >= 4 is 15.9 Å². The van der Waals surface area contributed by atoms with Gasteiger partial charge in [0.2, 0.25) is 0 Å². The lowest BCUT2D eigenvalue weighted by molar-refractivity contribution is 0.171. The van der Waals surface area contributed by atoms with Gasteiger partial charge in [0, 0.05) is 12.5 Å². The maximum atomic E-state index is 5.27. The van der Waals surface area contributed by atoms with Crippen molar-refractivity contribution < 1.29 is 9.47 Å². The molecule has 0 aromatic heterocycles. The van der Waals surface area contributed by atoms with Crippen molar-refractivity contribution in [3.63, 3.8) is 0 Å². The Labute approximate surface area is 98.7 Å². The molecule has 15 heavy (non-hydrogen) atoms. The summed E-state index contributed by atoms with van der Waals surface area (Å²) in [6.45, 7) is 0.811. The normalized spacial score (nSPS) is 17.5. The van der Waals surface area contributed by atoms with Crippen molar-refractivity contribution in [2.24, 2.45) is 0 Å². The maximum absolute atomic E-state index is 5.27. The Kier molecular flexibility index (Phi) is 3.03. The molecule has 2 nitrogen and oxygen atoms in total. The van der Waals surface area contributed by atoms with Crippen LogP contribution in [-0.4, -0.2) is 20.8 Å². The van der Waals surface area contributed by atoms with E-state index in [1.54, 1.807) is 14.2 Å². The zero-order valence-electron chi connectivity index (χ0n) is 9.05. The number of methoxy groups -OCH3 is 2. The van der Waals surface area contributed by atoms with Crippen LogP contribution in [0.1, 0.15) is 18.4 Å². The zero-order chi connectivity index (χ0) is 10.9. The van der Waals surface area contributed by atoms with Gasteiger partial charge < -0.3 is 9.47 Å². The van der Waals surface area contributed by atoms with Gasteiger partial charge in [-0.05, 0) is 46.5 Å². The summed E-state index contributed by atoms with van der Waals surface area (Å²) in [5, 5.41) is 0. The fourth-order valence-corrected chi connectivity index (χ4v) is 2.48. The number of ether oxygens (including phenoxy) is 2. The standard InChI is InChI=1S/C12H15BrO2/c1-14-8-12(5-6-12)9-3-4-11(15-2)10(13)7-9/h3-4,7H,5-6,8H2,1-2H3. The Morgan fingerprint density at radius 3 is 2.53 bits per heavy atom. The van der Waals surface area contributed by atoms with Crippen LogP contribution < -0.4 is 4.74 Å². The summed E-state index contributed by atoms with van der Waals surface area (Å²) in [6, 6.07) is 6.29. The average molecular weight is 271 g/mol. The Morgan fingerprint density at radius 2 is 2.07 bits per heavy atom. The van der Waals surface area contributed by atoms with Gasteiger partial charge >= 0.3 is 0 Å². The monoisotopic (exact) mass is 270 g/mol. The molecule has 0 amide bonds. The molecule has 1 aliphatic rings. The Morgan fingerprint density at radius 1 is 1.33 bits per heavy atom. The van der Waals surface area contributed by atoms with Crippen molar-refractivity contribution in [1.29, 1.82) is 0 Å². The average Bonchev–Trinajstić information content (AvgIpc) is 2.99. The molecule has 0 N–H and O–H groups in total. The predicted octanol–water partition coefficient (Wildman–Crippen LogP) is 3.14. The van der Waals surface area contributed by atoms with Crippen molar-refractivity contribution in [1.82, 2.24) is 0 Å². The molecule has 2 rings (SSSR count). The molecule has 1 fully saturated rings. The molecular formula is C12H15BrO2. The minimum absolute atomic E-state index is 0.267. The van der Waals surface area contributed by atoms with Gasteiger partial charge in [0.05, 0.1) is 18.2 Å². The SMILES string of the molecule is COCC1(c2ccc(OC)c(Br)c2)CC1. The van der Waals surface area contributed by atoms with Crippen LogP contribution in [0, 0.1) is 0 Å². The zero-order valence-corrected chi connectivity index (χ0v) is 10.6. The lowest BCUT2D eigenvalue weighted by Crippen LogP contribution is -2.13. The molecule has 1 aromatic rings. The summed E-state index contributed by atoms with van der Waals surface area (Å²) in [7, 11) is 3.44. The highest BCUT2D eigenvalue weighted by Crippen LogP contribution is 2.49.